The van der Waals surface area contributed by atoms with Crippen molar-refractivity contribution in [1.29, 1.82) is 0 Å². The largest absolute Gasteiger partial charge is 0.469 e. The van der Waals surface area contributed by atoms with E-state index in [-0.39, 0.29) is 6.42 Å². The zero-order valence-corrected chi connectivity index (χ0v) is 9.88. The van der Waals surface area contributed by atoms with Gasteiger partial charge in [-0.05, 0) is 0 Å². The van der Waals surface area contributed by atoms with Crippen LogP contribution in [0.5, 0.6) is 0 Å². The van der Waals surface area contributed by atoms with Crippen molar-refractivity contribution in [3.8, 4) is 0 Å². The highest BCUT2D eigenvalue weighted by Crippen LogP contribution is 2.34. The molecule has 0 aromatic rings. The summed E-state index contributed by atoms with van der Waals surface area (Å²) in [5, 5.41) is 31.3. The molecule has 0 aromatic carbocycles. The van der Waals surface area contributed by atoms with E-state index in [1.807, 2.05) is 0 Å². The minimum atomic E-state index is -1.70. The predicted molar refractivity (Wildman–Crippen MR) is 56.9 cm³/mol. The summed E-state index contributed by atoms with van der Waals surface area (Å²) in [4.78, 5) is 31.5. The van der Waals surface area contributed by atoms with Gasteiger partial charge in [0.2, 0.25) is 12.1 Å². The molecule has 102 valence electrons. The second-order valence-electron chi connectivity index (χ2n) is 4.34. The van der Waals surface area contributed by atoms with E-state index in [0.29, 0.717) is 0 Å². The number of nitrogens with zero attached hydrogens (tertiary/aromatic N) is 2. The quantitative estimate of drug-likeness (QED) is 0.410. The monoisotopic (exact) mass is 262 g/mol. The summed E-state index contributed by atoms with van der Waals surface area (Å²) in [5.74, 6) is -2.50. The molecule has 1 aliphatic rings. The number of rotatable bonds is 3. The molecule has 9 nitrogen and oxygen atoms in total. The van der Waals surface area contributed by atoms with Gasteiger partial charge in [0, 0.05) is 22.2 Å². The number of carbonyl (C=O) groups is 1. The van der Waals surface area contributed by atoms with Gasteiger partial charge in [-0.15, -0.1) is 0 Å². The fourth-order valence-corrected chi connectivity index (χ4v) is 2.38. The number of methoxy groups -OCH3 is 1. The zero-order valence-electron chi connectivity index (χ0n) is 9.88. The highest BCUT2D eigenvalue weighted by atomic mass is 16.6. The molecule has 1 N–H and O–H groups in total. The normalized spacial score (nSPS) is 35.8. The molecule has 18 heavy (non-hydrogen) atoms. The summed E-state index contributed by atoms with van der Waals surface area (Å²) < 4.78 is 4.49. The molecule has 0 saturated heterocycles. The Balaban J connectivity index is 3.07. The van der Waals surface area contributed by atoms with Gasteiger partial charge in [-0.3, -0.25) is 25.0 Å². The second kappa shape index (κ2) is 5.25. The van der Waals surface area contributed by atoms with Gasteiger partial charge >= 0.3 is 5.97 Å². The van der Waals surface area contributed by atoms with Crippen molar-refractivity contribution in [2.45, 2.75) is 31.5 Å². The minimum Gasteiger partial charge on any atom is -0.469 e. The number of hydrogen-bond donors (Lipinski definition) is 1. The van der Waals surface area contributed by atoms with Crippen LogP contribution in [0.1, 0.15) is 13.3 Å². The Kier molecular flexibility index (Phi) is 4.17. The van der Waals surface area contributed by atoms with Crippen LogP contribution in [0.2, 0.25) is 0 Å². The van der Waals surface area contributed by atoms with Crippen molar-refractivity contribution in [3.63, 3.8) is 0 Å². The first kappa shape index (κ1) is 14.3. The van der Waals surface area contributed by atoms with Crippen LogP contribution in [-0.2, 0) is 9.53 Å². The first-order chi connectivity index (χ1) is 8.31. The Morgan fingerprint density at radius 2 is 1.89 bits per heavy atom. The fourth-order valence-electron chi connectivity index (χ4n) is 2.38. The molecule has 0 aliphatic heterocycles. The number of esters is 1. The molecule has 0 spiro atoms. The third-order valence-electron chi connectivity index (χ3n) is 3.43. The molecule has 1 aliphatic carbocycles. The van der Waals surface area contributed by atoms with E-state index in [1.54, 1.807) is 0 Å². The lowest BCUT2D eigenvalue weighted by atomic mass is 9.73. The lowest BCUT2D eigenvalue weighted by molar-refractivity contribution is -0.594. The lowest BCUT2D eigenvalue weighted by Gasteiger charge is -2.33. The molecule has 5 atom stereocenters. The summed E-state index contributed by atoms with van der Waals surface area (Å²) in [5.41, 5.74) is 0. The second-order valence-corrected chi connectivity index (χ2v) is 4.34. The lowest BCUT2D eigenvalue weighted by Crippen LogP contribution is -2.57. The standard InChI is InChI=1S/C9H14N2O7/c1-4-5(9(13)18-2)3-6(10(14)15)8(12)7(4)11(16)17/h4-8,12H,3H2,1-2H3. The Bertz CT molecular complexity index is 372. The number of carbonyl (C=O) groups excluding carboxylic acids is 1. The van der Waals surface area contributed by atoms with Gasteiger partial charge < -0.3 is 9.84 Å². The third kappa shape index (κ3) is 2.40. The third-order valence-corrected chi connectivity index (χ3v) is 3.43. The zero-order chi connectivity index (χ0) is 14.0. The number of aliphatic hydroxyl groups excluding tert-OH is 1. The van der Waals surface area contributed by atoms with Gasteiger partial charge in [0.25, 0.3) is 0 Å². The Morgan fingerprint density at radius 1 is 1.33 bits per heavy atom. The molecule has 9 heteroatoms. The molecular formula is C9H14N2O7. The van der Waals surface area contributed by atoms with Crippen LogP contribution >= 0.6 is 0 Å². The van der Waals surface area contributed by atoms with Crippen LogP contribution in [-0.4, -0.2) is 46.2 Å². The maximum absolute atomic E-state index is 11.5. The molecule has 0 bridgehead atoms. The summed E-state index contributed by atoms with van der Waals surface area (Å²) >= 11 is 0. The van der Waals surface area contributed by atoms with E-state index in [0.717, 1.165) is 7.11 Å². The number of ether oxygens (including phenoxy) is 1. The maximum Gasteiger partial charge on any atom is 0.309 e. The van der Waals surface area contributed by atoms with Crippen molar-refractivity contribution in [3.05, 3.63) is 20.2 Å². The topological polar surface area (TPSA) is 133 Å². The fraction of sp³-hybridized carbons (Fsp3) is 0.889. The van der Waals surface area contributed by atoms with Crippen molar-refractivity contribution >= 4 is 5.97 Å². The maximum atomic E-state index is 11.5. The van der Waals surface area contributed by atoms with E-state index in [2.05, 4.69) is 4.74 Å². The van der Waals surface area contributed by atoms with E-state index < -0.39 is 45.8 Å². The molecule has 0 radical (unpaired) electrons. The van der Waals surface area contributed by atoms with Crippen LogP contribution in [0.4, 0.5) is 0 Å². The molecule has 1 rings (SSSR count). The Hall–Kier alpha value is -1.77. The van der Waals surface area contributed by atoms with Crippen LogP contribution in [0.3, 0.4) is 0 Å². The van der Waals surface area contributed by atoms with Crippen LogP contribution in [0.15, 0.2) is 0 Å². The highest BCUT2D eigenvalue weighted by molar-refractivity contribution is 5.73. The predicted octanol–water partition coefficient (Wildman–Crippen LogP) is -0.533. The summed E-state index contributed by atoms with van der Waals surface area (Å²) in [7, 11) is 1.11. The van der Waals surface area contributed by atoms with Crippen LogP contribution in [0.25, 0.3) is 0 Å². The molecule has 0 amide bonds. The molecule has 0 heterocycles. The van der Waals surface area contributed by atoms with E-state index >= 15 is 0 Å². The highest BCUT2D eigenvalue weighted by Gasteiger charge is 2.56. The summed E-state index contributed by atoms with van der Waals surface area (Å²) in [6.45, 7) is 1.41. The molecule has 1 fully saturated rings. The summed E-state index contributed by atoms with van der Waals surface area (Å²) in [6.07, 6.45) is -1.96. The number of hydrogen-bond acceptors (Lipinski definition) is 7. The molecule has 1 saturated carbocycles. The van der Waals surface area contributed by atoms with Gasteiger partial charge in [0.1, 0.15) is 0 Å². The van der Waals surface area contributed by atoms with Crippen LogP contribution < -0.4 is 0 Å². The van der Waals surface area contributed by atoms with Gasteiger partial charge in [-0.25, -0.2) is 0 Å². The average molecular weight is 262 g/mol. The van der Waals surface area contributed by atoms with Gasteiger partial charge in [0.15, 0.2) is 6.10 Å². The van der Waals surface area contributed by atoms with Gasteiger partial charge in [-0.2, -0.15) is 0 Å². The SMILES string of the molecule is COC(=O)C1CC([N+](=O)[O-])C(O)C([N+](=O)[O-])C1C. The first-order valence-corrected chi connectivity index (χ1v) is 5.34. The molecule has 0 aromatic heterocycles. The van der Waals surface area contributed by atoms with E-state index in [9.17, 15) is 30.1 Å². The van der Waals surface area contributed by atoms with E-state index in [1.165, 1.54) is 6.92 Å². The smallest absolute Gasteiger partial charge is 0.309 e. The average Bonchev–Trinajstić information content (AvgIpc) is 2.27. The van der Waals surface area contributed by atoms with Crippen molar-refractivity contribution in [2.24, 2.45) is 11.8 Å². The first-order valence-electron chi connectivity index (χ1n) is 5.34. The minimum absolute atomic E-state index is 0.258. The van der Waals surface area contributed by atoms with Crippen LogP contribution in [0, 0.1) is 32.1 Å². The molecular weight excluding hydrogens is 248 g/mol. The number of aliphatic hydroxyl groups is 1. The molecule has 5 unspecified atom stereocenters. The summed E-state index contributed by atoms with van der Waals surface area (Å²) in [6, 6.07) is -3.07. The van der Waals surface area contributed by atoms with Gasteiger partial charge in [-0.1, -0.05) is 6.92 Å². The number of nitro groups is 2. The van der Waals surface area contributed by atoms with E-state index in [4.69, 9.17) is 0 Å². The Morgan fingerprint density at radius 3 is 2.28 bits per heavy atom. The van der Waals surface area contributed by atoms with Crippen molar-refractivity contribution in [2.75, 3.05) is 7.11 Å². The van der Waals surface area contributed by atoms with Crippen molar-refractivity contribution < 1.29 is 24.5 Å². The van der Waals surface area contributed by atoms with Crippen molar-refractivity contribution in [1.82, 2.24) is 0 Å². The Labute approximate surface area is 102 Å². The van der Waals surface area contributed by atoms with Gasteiger partial charge in [0.05, 0.1) is 13.0 Å².